The Balaban J connectivity index is 1.55. The van der Waals surface area contributed by atoms with Crippen LogP contribution in [-0.4, -0.2) is 0 Å². The van der Waals surface area contributed by atoms with Crippen LogP contribution in [-0.2, 0) is 6.54 Å². The SMILES string of the molecule is Cc1ccc(-c2cc(-c3ccccc3)cc[n+]2Cc2c[n+]3ccccc3c3ccccc23)c(C)c1. The lowest BCUT2D eigenvalue weighted by Crippen LogP contribution is -2.38. The maximum absolute atomic E-state index is 2.39. The highest BCUT2D eigenvalue weighted by atomic mass is 15.0. The molecule has 3 aromatic heterocycles. The molecule has 0 saturated carbocycles. The van der Waals surface area contributed by atoms with Crippen LogP contribution >= 0.6 is 0 Å². The van der Waals surface area contributed by atoms with Gasteiger partial charge in [-0.15, -0.1) is 0 Å². The van der Waals surface area contributed by atoms with Gasteiger partial charge in [-0.05, 0) is 48.7 Å². The van der Waals surface area contributed by atoms with E-state index < -0.39 is 0 Å². The van der Waals surface area contributed by atoms with Crippen molar-refractivity contribution >= 4 is 16.3 Å². The molecule has 0 fully saturated rings. The van der Waals surface area contributed by atoms with E-state index in [1.54, 1.807) is 0 Å². The summed E-state index contributed by atoms with van der Waals surface area (Å²) in [6.45, 7) is 5.16. The summed E-state index contributed by atoms with van der Waals surface area (Å²) in [4.78, 5) is 0. The number of hydrogen-bond acceptors (Lipinski definition) is 0. The zero-order valence-electron chi connectivity index (χ0n) is 20.1. The first kappa shape index (κ1) is 21.2. The van der Waals surface area contributed by atoms with Crippen molar-refractivity contribution in [1.82, 2.24) is 0 Å². The van der Waals surface area contributed by atoms with Gasteiger partial charge in [0.1, 0.15) is 0 Å². The topological polar surface area (TPSA) is 7.98 Å². The fourth-order valence-corrected chi connectivity index (χ4v) is 5.14. The number of pyridine rings is 3. The third-order valence-electron chi connectivity index (χ3n) is 6.88. The minimum Gasteiger partial charge on any atom is -0.194 e. The summed E-state index contributed by atoms with van der Waals surface area (Å²) in [6.07, 6.45) is 6.66. The van der Waals surface area contributed by atoms with Gasteiger partial charge in [0.05, 0.1) is 10.9 Å². The lowest BCUT2D eigenvalue weighted by Gasteiger charge is -2.11. The molecule has 0 N–H and O–H groups in total. The minimum absolute atomic E-state index is 0.788. The Morgan fingerprint density at radius 3 is 2.23 bits per heavy atom. The summed E-state index contributed by atoms with van der Waals surface area (Å²) in [5.41, 5.74) is 10.1. The van der Waals surface area contributed by atoms with Gasteiger partial charge in [0.2, 0.25) is 11.2 Å². The van der Waals surface area contributed by atoms with Crippen molar-refractivity contribution in [2.24, 2.45) is 0 Å². The van der Waals surface area contributed by atoms with Crippen molar-refractivity contribution in [2.75, 3.05) is 0 Å². The molecule has 0 aliphatic rings. The molecule has 2 heteroatoms. The van der Waals surface area contributed by atoms with Gasteiger partial charge in [0.25, 0.3) is 0 Å². The summed E-state index contributed by atoms with van der Waals surface area (Å²) in [5, 5.41) is 2.57. The number of hydrogen-bond donors (Lipinski definition) is 0. The summed E-state index contributed by atoms with van der Waals surface area (Å²) >= 11 is 0. The quantitative estimate of drug-likeness (QED) is 0.204. The molecule has 0 unspecified atom stereocenters. The molecule has 2 nitrogen and oxygen atoms in total. The number of benzene rings is 3. The highest BCUT2D eigenvalue weighted by Crippen LogP contribution is 2.27. The van der Waals surface area contributed by atoms with Crippen molar-refractivity contribution in [2.45, 2.75) is 20.4 Å². The monoisotopic (exact) mass is 452 g/mol. The molecule has 0 amide bonds. The highest BCUT2D eigenvalue weighted by Gasteiger charge is 2.21. The minimum atomic E-state index is 0.788. The van der Waals surface area contributed by atoms with E-state index in [1.165, 1.54) is 55.4 Å². The van der Waals surface area contributed by atoms with E-state index in [2.05, 4.69) is 145 Å². The van der Waals surface area contributed by atoms with Crippen LogP contribution in [0.15, 0.2) is 122 Å². The van der Waals surface area contributed by atoms with Gasteiger partial charge < -0.3 is 0 Å². The third kappa shape index (κ3) is 3.98. The Morgan fingerprint density at radius 2 is 1.40 bits per heavy atom. The van der Waals surface area contributed by atoms with E-state index in [0.29, 0.717) is 0 Å². The van der Waals surface area contributed by atoms with E-state index in [4.69, 9.17) is 0 Å². The first-order valence-electron chi connectivity index (χ1n) is 12.1. The molecule has 0 atom stereocenters. The van der Waals surface area contributed by atoms with Gasteiger partial charge >= 0.3 is 0 Å². The zero-order chi connectivity index (χ0) is 23.8. The van der Waals surface area contributed by atoms with E-state index in [-0.39, 0.29) is 0 Å². The lowest BCUT2D eigenvalue weighted by molar-refractivity contribution is -0.678. The predicted molar refractivity (Wildman–Crippen MR) is 143 cm³/mol. The van der Waals surface area contributed by atoms with Crippen molar-refractivity contribution < 1.29 is 8.97 Å². The fourth-order valence-electron chi connectivity index (χ4n) is 5.14. The van der Waals surface area contributed by atoms with Crippen LogP contribution in [0, 0.1) is 13.8 Å². The molecule has 0 bridgehead atoms. The Bertz CT molecular complexity index is 1680. The van der Waals surface area contributed by atoms with E-state index >= 15 is 0 Å². The molecule has 0 aliphatic heterocycles. The number of aryl methyl sites for hydroxylation is 2. The van der Waals surface area contributed by atoms with Crippen molar-refractivity contribution in [3.63, 3.8) is 0 Å². The van der Waals surface area contributed by atoms with Crippen LogP contribution in [0.1, 0.15) is 16.7 Å². The molecule has 0 aliphatic carbocycles. The number of fused-ring (bicyclic) bond motifs is 3. The van der Waals surface area contributed by atoms with Crippen LogP contribution < -0.4 is 8.97 Å². The molecular formula is C33H28N2+2. The van der Waals surface area contributed by atoms with Gasteiger partial charge in [0, 0.05) is 35.2 Å². The van der Waals surface area contributed by atoms with Crippen molar-refractivity contribution in [1.29, 1.82) is 0 Å². The molecule has 0 spiro atoms. The Kier molecular flexibility index (Phi) is 5.35. The first-order valence-corrected chi connectivity index (χ1v) is 12.1. The van der Waals surface area contributed by atoms with Crippen molar-refractivity contribution in [3.05, 3.63) is 138 Å². The average molecular weight is 453 g/mol. The predicted octanol–water partition coefficient (Wildman–Crippen LogP) is 6.87. The zero-order valence-corrected chi connectivity index (χ0v) is 20.1. The fraction of sp³-hybridized carbons (Fsp3) is 0.0909. The normalized spacial score (nSPS) is 11.3. The molecular weight excluding hydrogens is 424 g/mol. The summed E-state index contributed by atoms with van der Waals surface area (Å²) in [7, 11) is 0. The van der Waals surface area contributed by atoms with E-state index in [0.717, 1.165) is 6.54 Å². The molecule has 168 valence electrons. The van der Waals surface area contributed by atoms with Crippen LogP contribution in [0.3, 0.4) is 0 Å². The Morgan fingerprint density at radius 1 is 0.629 bits per heavy atom. The number of rotatable bonds is 4. The highest BCUT2D eigenvalue weighted by molar-refractivity contribution is 5.95. The summed E-state index contributed by atoms with van der Waals surface area (Å²) in [6, 6.07) is 37.1. The largest absolute Gasteiger partial charge is 0.218 e. The van der Waals surface area contributed by atoms with Gasteiger partial charge in [0.15, 0.2) is 25.1 Å². The van der Waals surface area contributed by atoms with E-state index in [9.17, 15) is 0 Å². The standard InChI is InChI=1S/C33H28N2/c1-24-15-16-29(25(2)20-24)33-21-27(26-10-4-3-5-11-26)17-19-35(33)23-28-22-34-18-9-8-14-32(34)31-13-7-6-12-30(28)31/h3-22H,23H2,1-2H3/q+2. The smallest absolute Gasteiger partial charge is 0.194 e. The summed E-state index contributed by atoms with van der Waals surface area (Å²) < 4.78 is 4.63. The second-order valence-corrected chi connectivity index (χ2v) is 9.31. The molecule has 3 heterocycles. The second-order valence-electron chi connectivity index (χ2n) is 9.31. The average Bonchev–Trinajstić information content (AvgIpc) is 2.90. The molecule has 3 aromatic carbocycles. The Labute approximate surface area is 206 Å². The van der Waals surface area contributed by atoms with Gasteiger partial charge in [-0.25, -0.2) is 0 Å². The summed E-state index contributed by atoms with van der Waals surface area (Å²) in [5.74, 6) is 0. The van der Waals surface area contributed by atoms with E-state index in [1.807, 2.05) is 0 Å². The molecule has 6 aromatic rings. The van der Waals surface area contributed by atoms with Crippen molar-refractivity contribution in [3.8, 4) is 22.4 Å². The number of aromatic nitrogens is 2. The Hall–Kier alpha value is -4.30. The second kappa shape index (κ2) is 8.81. The molecule has 0 radical (unpaired) electrons. The van der Waals surface area contributed by atoms with Crippen LogP contribution in [0.5, 0.6) is 0 Å². The maximum atomic E-state index is 2.39. The molecule has 6 rings (SSSR count). The van der Waals surface area contributed by atoms with Gasteiger partial charge in [-0.1, -0.05) is 66.2 Å². The first-order chi connectivity index (χ1) is 17.2. The lowest BCUT2D eigenvalue weighted by atomic mass is 9.98. The molecule has 35 heavy (non-hydrogen) atoms. The molecule has 0 saturated heterocycles. The van der Waals surface area contributed by atoms with Gasteiger partial charge in [-0.3, -0.25) is 0 Å². The third-order valence-corrected chi connectivity index (χ3v) is 6.88. The van der Waals surface area contributed by atoms with Crippen LogP contribution in [0.4, 0.5) is 0 Å². The van der Waals surface area contributed by atoms with Crippen LogP contribution in [0.25, 0.3) is 38.7 Å². The number of nitrogens with zero attached hydrogens (tertiary/aromatic N) is 2. The maximum Gasteiger partial charge on any atom is 0.218 e. The van der Waals surface area contributed by atoms with Crippen LogP contribution in [0.2, 0.25) is 0 Å². The van der Waals surface area contributed by atoms with Gasteiger partial charge in [-0.2, -0.15) is 8.97 Å².